The van der Waals surface area contributed by atoms with E-state index in [9.17, 15) is 19.8 Å². The molecule has 0 aromatic carbocycles. The van der Waals surface area contributed by atoms with Gasteiger partial charge in [0.15, 0.2) is 0 Å². The minimum Gasteiger partial charge on any atom is -0.465 e. The van der Waals surface area contributed by atoms with E-state index in [0.717, 1.165) is 0 Å². The molecular weight excluding hydrogens is 214 g/mol. The van der Waals surface area contributed by atoms with Gasteiger partial charge in [0.05, 0.1) is 18.8 Å². The highest BCUT2D eigenvalue weighted by molar-refractivity contribution is 5.73. The molecule has 0 radical (unpaired) electrons. The van der Waals surface area contributed by atoms with Gasteiger partial charge in [-0.25, -0.2) is 0 Å². The Labute approximate surface area is 93.6 Å². The molecule has 1 saturated carbocycles. The van der Waals surface area contributed by atoms with Crippen LogP contribution in [0.25, 0.3) is 0 Å². The van der Waals surface area contributed by atoms with Crippen molar-refractivity contribution in [3.05, 3.63) is 0 Å². The Balaban J connectivity index is 2.50. The molecule has 3 N–H and O–H groups in total. The lowest BCUT2D eigenvalue weighted by atomic mass is 10.1. The van der Waals surface area contributed by atoms with E-state index in [-0.39, 0.29) is 18.4 Å². The SMILES string of the molecule is CC(=O)N[C@@H]1C[C@H](COC(C)=O)[C@H](O)[C@@H]1O. The summed E-state index contributed by atoms with van der Waals surface area (Å²) in [4.78, 5) is 21.4. The van der Waals surface area contributed by atoms with Gasteiger partial charge in [0, 0.05) is 19.8 Å². The fourth-order valence-electron chi connectivity index (χ4n) is 1.92. The zero-order chi connectivity index (χ0) is 12.3. The van der Waals surface area contributed by atoms with E-state index in [0.29, 0.717) is 6.42 Å². The van der Waals surface area contributed by atoms with Gasteiger partial charge in [-0.3, -0.25) is 9.59 Å². The minimum atomic E-state index is -1.01. The first-order chi connectivity index (χ1) is 7.41. The molecule has 0 spiro atoms. The van der Waals surface area contributed by atoms with Crippen molar-refractivity contribution < 1.29 is 24.5 Å². The fourth-order valence-corrected chi connectivity index (χ4v) is 1.92. The maximum Gasteiger partial charge on any atom is 0.302 e. The third kappa shape index (κ3) is 3.18. The Kier molecular flexibility index (Phi) is 4.26. The van der Waals surface area contributed by atoms with Crippen molar-refractivity contribution >= 4 is 11.9 Å². The lowest BCUT2D eigenvalue weighted by Gasteiger charge is -2.17. The number of hydrogen-bond acceptors (Lipinski definition) is 5. The van der Waals surface area contributed by atoms with E-state index in [1.54, 1.807) is 0 Å². The number of ether oxygens (including phenoxy) is 1. The highest BCUT2D eigenvalue weighted by Gasteiger charge is 2.42. The maximum atomic E-state index is 10.8. The molecule has 0 unspecified atom stereocenters. The van der Waals surface area contributed by atoms with Gasteiger partial charge in [0.2, 0.25) is 5.91 Å². The smallest absolute Gasteiger partial charge is 0.302 e. The minimum absolute atomic E-state index is 0.0592. The lowest BCUT2D eigenvalue weighted by Crippen LogP contribution is -2.42. The second kappa shape index (κ2) is 5.27. The number of hydrogen-bond donors (Lipinski definition) is 3. The number of aliphatic hydroxyl groups excluding tert-OH is 2. The quantitative estimate of drug-likeness (QED) is 0.530. The van der Waals surface area contributed by atoms with Gasteiger partial charge in [-0.1, -0.05) is 0 Å². The van der Waals surface area contributed by atoms with Gasteiger partial charge < -0.3 is 20.3 Å². The van der Waals surface area contributed by atoms with E-state index >= 15 is 0 Å². The first-order valence-electron chi connectivity index (χ1n) is 5.18. The molecule has 92 valence electrons. The number of nitrogens with one attached hydrogen (secondary N) is 1. The van der Waals surface area contributed by atoms with Crippen molar-refractivity contribution in [2.24, 2.45) is 5.92 Å². The number of carbonyl (C=O) groups is 2. The molecule has 1 aliphatic rings. The molecule has 0 bridgehead atoms. The second-order valence-corrected chi connectivity index (χ2v) is 4.09. The average Bonchev–Trinajstić information content (AvgIpc) is 2.42. The lowest BCUT2D eigenvalue weighted by molar-refractivity contribution is -0.143. The van der Waals surface area contributed by atoms with Gasteiger partial charge in [0.25, 0.3) is 0 Å². The van der Waals surface area contributed by atoms with Gasteiger partial charge in [-0.05, 0) is 6.42 Å². The largest absolute Gasteiger partial charge is 0.465 e. The average molecular weight is 231 g/mol. The van der Waals surface area contributed by atoms with Crippen molar-refractivity contribution in [2.75, 3.05) is 6.61 Å². The first kappa shape index (κ1) is 12.9. The number of rotatable bonds is 3. The van der Waals surface area contributed by atoms with Gasteiger partial charge in [0.1, 0.15) is 6.10 Å². The fraction of sp³-hybridized carbons (Fsp3) is 0.800. The normalized spacial score (nSPS) is 33.5. The Morgan fingerprint density at radius 3 is 2.44 bits per heavy atom. The van der Waals surface area contributed by atoms with E-state index in [1.165, 1.54) is 13.8 Å². The topological polar surface area (TPSA) is 95.9 Å². The van der Waals surface area contributed by atoms with E-state index in [2.05, 4.69) is 5.32 Å². The van der Waals surface area contributed by atoms with Gasteiger partial charge >= 0.3 is 5.97 Å². The van der Waals surface area contributed by atoms with Crippen LogP contribution in [0.3, 0.4) is 0 Å². The molecule has 1 rings (SSSR count). The van der Waals surface area contributed by atoms with Crippen LogP contribution in [0.4, 0.5) is 0 Å². The van der Waals surface area contributed by atoms with Crippen molar-refractivity contribution in [1.29, 1.82) is 0 Å². The Morgan fingerprint density at radius 2 is 1.94 bits per heavy atom. The van der Waals surface area contributed by atoms with Crippen LogP contribution in [-0.2, 0) is 14.3 Å². The van der Waals surface area contributed by atoms with E-state index in [1.807, 2.05) is 0 Å². The molecule has 1 fully saturated rings. The van der Waals surface area contributed by atoms with Crippen molar-refractivity contribution in [1.82, 2.24) is 5.32 Å². The molecule has 0 aromatic rings. The zero-order valence-electron chi connectivity index (χ0n) is 9.34. The van der Waals surface area contributed by atoms with Gasteiger partial charge in [-0.15, -0.1) is 0 Å². The monoisotopic (exact) mass is 231 g/mol. The maximum absolute atomic E-state index is 10.8. The third-order valence-corrected chi connectivity index (χ3v) is 2.69. The summed E-state index contributed by atoms with van der Waals surface area (Å²) >= 11 is 0. The number of esters is 1. The highest BCUT2D eigenvalue weighted by Crippen LogP contribution is 2.27. The number of carbonyl (C=O) groups excluding carboxylic acids is 2. The van der Waals surface area contributed by atoms with Crippen LogP contribution in [0.1, 0.15) is 20.3 Å². The molecule has 6 heteroatoms. The molecule has 4 atom stereocenters. The van der Waals surface area contributed by atoms with E-state index in [4.69, 9.17) is 4.74 Å². The van der Waals surface area contributed by atoms with Crippen LogP contribution < -0.4 is 5.32 Å². The summed E-state index contributed by atoms with van der Waals surface area (Å²) in [6.45, 7) is 2.69. The molecule has 1 aliphatic carbocycles. The van der Waals surface area contributed by atoms with Crippen LogP contribution in [-0.4, -0.2) is 46.9 Å². The van der Waals surface area contributed by atoms with Gasteiger partial charge in [-0.2, -0.15) is 0 Å². The molecule has 0 aliphatic heterocycles. The molecule has 0 aromatic heterocycles. The summed E-state index contributed by atoms with van der Waals surface area (Å²) in [6.07, 6.45) is -1.59. The summed E-state index contributed by atoms with van der Waals surface area (Å²) in [6, 6.07) is -0.479. The van der Waals surface area contributed by atoms with Crippen LogP contribution >= 0.6 is 0 Å². The summed E-state index contributed by atoms with van der Waals surface area (Å²) < 4.78 is 4.78. The molecular formula is C10H17NO5. The summed E-state index contributed by atoms with van der Waals surface area (Å²) in [5, 5.41) is 21.8. The van der Waals surface area contributed by atoms with E-state index < -0.39 is 24.2 Å². The predicted molar refractivity (Wildman–Crippen MR) is 54.4 cm³/mol. The Morgan fingerprint density at radius 1 is 1.31 bits per heavy atom. The Hall–Kier alpha value is -1.14. The van der Waals surface area contributed by atoms with Crippen LogP contribution in [0, 0.1) is 5.92 Å². The number of aliphatic hydroxyl groups is 2. The first-order valence-corrected chi connectivity index (χ1v) is 5.18. The van der Waals surface area contributed by atoms with Crippen molar-refractivity contribution in [2.45, 2.75) is 38.5 Å². The van der Waals surface area contributed by atoms with Crippen molar-refractivity contribution in [3.63, 3.8) is 0 Å². The molecule has 6 nitrogen and oxygen atoms in total. The molecule has 0 saturated heterocycles. The predicted octanol–water partition coefficient (Wildman–Crippen LogP) is -1.20. The van der Waals surface area contributed by atoms with Crippen LogP contribution in [0.2, 0.25) is 0 Å². The standard InChI is InChI=1S/C10H17NO5/c1-5(12)11-8-3-7(4-16-6(2)13)9(14)10(8)15/h7-10,14-15H,3-4H2,1-2H3,(H,11,12)/t7-,8-,9+,10-/m1/s1. The summed E-state index contributed by atoms with van der Waals surface area (Å²) in [7, 11) is 0. The summed E-state index contributed by atoms with van der Waals surface area (Å²) in [5.41, 5.74) is 0. The van der Waals surface area contributed by atoms with Crippen LogP contribution in [0.5, 0.6) is 0 Å². The zero-order valence-corrected chi connectivity index (χ0v) is 9.34. The molecule has 1 amide bonds. The molecule has 0 heterocycles. The third-order valence-electron chi connectivity index (χ3n) is 2.69. The van der Waals surface area contributed by atoms with Crippen molar-refractivity contribution in [3.8, 4) is 0 Å². The summed E-state index contributed by atoms with van der Waals surface area (Å²) in [5.74, 6) is -1.02. The second-order valence-electron chi connectivity index (χ2n) is 4.09. The molecule has 16 heavy (non-hydrogen) atoms. The van der Waals surface area contributed by atoms with Crippen LogP contribution in [0.15, 0.2) is 0 Å². The Bertz CT molecular complexity index is 280. The highest BCUT2D eigenvalue weighted by atomic mass is 16.5. The number of amides is 1.